The monoisotopic (exact) mass is 117 g/mol. The van der Waals surface area contributed by atoms with Crippen molar-refractivity contribution in [1.82, 2.24) is 5.06 Å². The second-order valence-electron chi connectivity index (χ2n) is 1.81. The fourth-order valence-corrected chi connectivity index (χ4v) is 0.357. The van der Waals surface area contributed by atoms with Gasteiger partial charge in [0.1, 0.15) is 0 Å². The van der Waals surface area contributed by atoms with Gasteiger partial charge in [-0.15, -0.1) is 0 Å². The molecule has 0 N–H and O–H groups in total. The number of rotatable bonds is 3. The topological polar surface area (TPSA) is 29.5 Å². The van der Waals surface area contributed by atoms with Crippen LogP contribution in [-0.2, 0) is 9.63 Å². The van der Waals surface area contributed by atoms with E-state index in [0.717, 1.165) is 5.06 Å². The average Bonchev–Trinajstić information content (AvgIpc) is 1.65. The molecule has 0 aliphatic rings. The molecule has 0 atom stereocenters. The van der Waals surface area contributed by atoms with Crippen molar-refractivity contribution < 1.29 is 9.63 Å². The Morgan fingerprint density at radius 2 is 2.12 bits per heavy atom. The zero-order chi connectivity index (χ0) is 6.57. The minimum absolute atomic E-state index is 0.0743. The summed E-state index contributed by atoms with van der Waals surface area (Å²) in [5.74, 6) is 0. The van der Waals surface area contributed by atoms with Crippen LogP contribution in [0.2, 0.25) is 0 Å². The molecule has 48 valence electrons. The molecule has 0 unspecified atom stereocenters. The van der Waals surface area contributed by atoms with Gasteiger partial charge in [-0.05, 0) is 13.8 Å². The molecule has 0 radical (unpaired) electrons. The fraction of sp³-hybridized carbons (Fsp3) is 0.800. The molecular formula is C5H11NO2. The standard InChI is InChI=1S/C5H11NO2/c1-5(2)8-6(3)4-7/h4-5H,1-3H3. The molecule has 0 heterocycles. The zero-order valence-corrected chi connectivity index (χ0v) is 5.42. The number of nitrogens with zero attached hydrogens (tertiary/aromatic N) is 1. The maximum atomic E-state index is 9.84. The summed E-state index contributed by atoms with van der Waals surface area (Å²) >= 11 is 0. The average molecular weight is 117 g/mol. The van der Waals surface area contributed by atoms with Gasteiger partial charge in [-0.2, -0.15) is 0 Å². The summed E-state index contributed by atoms with van der Waals surface area (Å²) in [6.45, 7) is 3.72. The van der Waals surface area contributed by atoms with E-state index >= 15 is 0 Å². The van der Waals surface area contributed by atoms with E-state index in [1.807, 2.05) is 13.8 Å². The predicted octanol–water partition coefficient (Wildman–Crippen LogP) is 0.415. The molecule has 0 aliphatic heterocycles. The van der Waals surface area contributed by atoms with E-state index in [4.69, 9.17) is 4.84 Å². The number of carbonyl (C=O) groups is 1. The van der Waals surface area contributed by atoms with Crippen LogP contribution in [0.3, 0.4) is 0 Å². The van der Waals surface area contributed by atoms with Crippen molar-refractivity contribution in [3.8, 4) is 0 Å². The van der Waals surface area contributed by atoms with Crippen LogP contribution in [-0.4, -0.2) is 24.6 Å². The number of hydroxylamine groups is 2. The molecule has 0 fully saturated rings. The van der Waals surface area contributed by atoms with Gasteiger partial charge in [-0.25, -0.2) is 5.06 Å². The highest BCUT2D eigenvalue weighted by molar-refractivity contribution is 5.44. The van der Waals surface area contributed by atoms with Gasteiger partial charge in [-0.3, -0.25) is 9.63 Å². The molecule has 0 aromatic rings. The summed E-state index contributed by atoms with van der Waals surface area (Å²) in [5.41, 5.74) is 0. The molecule has 0 bridgehead atoms. The summed E-state index contributed by atoms with van der Waals surface area (Å²) in [6, 6.07) is 0. The summed E-state index contributed by atoms with van der Waals surface area (Å²) < 4.78 is 0. The molecular weight excluding hydrogens is 106 g/mol. The lowest BCUT2D eigenvalue weighted by molar-refractivity contribution is -0.177. The summed E-state index contributed by atoms with van der Waals surface area (Å²) in [7, 11) is 1.56. The first-order valence-corrected chi connectivity index (χ1v) is 2.51. The second kappa shape index (κ2) is 3.43. The molecule has 8 heavy (non-hydrogen) atoms. The molecule has 3 heteroatoms. The quantitative estimate of drug-likeness (QED) is 0.396. The Labute approximate surface area is 49.2 Å². The third-order valence-corrected chi connectivity index (χ3v) is 0.526. The minimum Gasteiger partial charge on any atom is -0.276 e. The Morgan fingerprint density at radius 1 is 1.62 bits per heavy atom. The van der Waals surface area contributed by atoms with E-state index in [2.05, 4.69) is 0 Å². The van der Waals surface area contributed by atoms with Crippen LogP contribution in [0.25, 0.3) is 0 Å². The first-order valence-electron chi connectivity index (χ1n) is 2.51. The Balaban J connectivity index is 3.23. The van der Waals surface area contributed by atoms with Crippen molar-refractivity contribution in [1.29, 1.82) is 0 Å². The highest BCUT2D eigenvalue weighted by Crippen LogP contribution is 1.87. The summed E-state index contributed by atoms with van der Waals surface area (Å²) in [6.07, 6.45) is 0.699. The van der Waals surface area contributed by atoms with Crippen molar-refractivity contribution in [3.05, 3.63) is 0 Å². The van der Waals surface area contributed by atoms with Gasteiger partial charge in [0.05, 0.1) is 6.10 Å². The number of hydrogen-bond donors (Lipinski definition) is 0. The van der Waals surface area contributed by atoms with E-state index < -0.39 is 0 Å². The summed E-state index contributed by atoms with van der Waals surface area (Å²) in [5, 5.41) is 1.14. The predicted molar refractivity (Wildman–Crippen MR) is 30.0 cm³/mol. The lowest BCUT2D eigenvalue weighted by Crippen LogP contribution is -2.20. The van der Waals surface area contributed by atoms with E-state index in [1.54, 1.807) is 7.05 Å². The fourth-order valence-electron chi connectivity index (χ4n) is 0.357. The lowest BCUT2D eigenvalue weighted by atomic mass is 10.5. The van der Waals surface area contributed by atoms with Crippen molar-refractivity contribution in [2.24, 2.45) is 0 Å². The van der Waals surface area contributed by atoms with Gasteiger partial charge in [-0.1, -0.05) is 0 Å². The van der Waals surface area contributed by atoms with Crippen LogP contribution in [0, 0.1) is 0 Å². The van der Waals surface area contributed by atoms with Crippen molar-refractivity contribution >= 4 is 6.41 Å². The molecule has 0 rings (SSSR count). The maximum absolute atomic E-state index is 9.84. The second-order valence-corrected chi connectivity index (χ2v) is 1.81. The van der Waals surface area contributed by atoms with Crippen LogP contribution < -0.4 is 0 Å². The van der Waals surface area contributed by atoms with Gasteiger partial charge >= 0.3 is 0 Å². The van der Waals surface area contributed by atoms with Crippen LogP contribution in [0.5, 0.6) is 0 Å². The SMILES string of the molecule is CC(C)ON(C)C=O. The minimum atomic E-state index is 0.0743. The highest BCUT2D eigenvalue weighted by Gasteiger charge is 1.94. The van der Waals surface area contributed by atoms with Gasteiger partial charge < -0.3 is 0 Å². The number of hydrogen-bond acceptors (Lipinski definition) is 2. The van der Waals surface area contributed by atoms with Crippen LogP contribution in [0.15, 0.2) is 0 Å². The van der Waals surface area contributed by atoms with Crippen LogP contribution >= 0.6 is 0 Å². The largest absolute Gasteiger partial charge is 0.276 e. The van der Waals surface area contributed by atoms with Crippen molar-refractivity contribution in [2.45, 2.75) is 20.0 Å². The molecule has 0 saturated heterocycles. The number of amides is 1. The van der Waals surface area contributed by atoms with Crippen molar-refractivity contribution in [3.63, 3.8) is 0 Å². The Bertz CT molecular complexity index is 72.8. The first kappa shape index (κ1) is 7.43. The Kier molecular flexibility index (Phi) is 3.19. The smallest absolute Gasteiger partial charge is 0.233 e. The first-order chi connectivity index (χ1) is 3.66. The Hall–Kier alpha value is -0.570. The van der Waals surface area contributed by atoms with Crippen LogP contribution in [0.1, 0.15) is 13.8 Å². The lowest BCUT2D eigenvalue weighted by Gasteiger charge is -2.12. The van der Waals surface area contributed by atoms with E-state index in [-0.39, 0.29) is 6.10 Å². The highest BCUT2D eigenvalue weighted by atomic mass is 16.7. The molecule has 0 saturated carbocycles. The maximum Gasteiger partial charge on any atom is 0.233 e. The molecule has 0 aromatic carbocycles. The van der Waals surface area contributed by atoms with E-state index in [0.29, 0.717) is 6.41 Å². The number of carbonyl (C=O) groups excluding carboxylic acids is 1. The normalized spacial score (nSPS) is 9.50. The molecule has 0 aromatic heterocycles. The summed E-state index contributed by atoms with van der Waals surface area (Å²) in [4.78, 5) is 14.7. The van der Waals surface area contributed by atoms with E-state index in [1.165, 1.54) is 0 Å². The molecule has 0 spiro atoms. The molecule has 1 amide bonds. The van der Waals surface area contributed by atoms with Gasteiger partial charge in [0, 0.05) is 7.05 Å². The molecule has 0 aliphatic carbocycles. The Morgan fingerprint density at radius 3 is 2.25 bits per heavy atom. The van der Waals surface area contributed by atoms with E-state index in [9.17, 15) is 4.79 Å². The van der Waals surface area contributed by atoms with Gasteiger partial charge in [0.2, 0.25) is 6.41 Å². The van der Waals surface area contributed by atoms with Gasteiger partial charge in [0.25, 0.3) is 0 Å². The third kappa shape index (κ3) is 3.61. The third-order valence-electron chi connectivity index (χ3n) is 0.526. The van der Waals surface area contributed by atoms with Gasteiger partial charge in [0.15, 0.2) is 0 Å². The zero-order valence-electron chi connectivity index (χ0n) is 5.42. The van der Waals surface area contributed by atoms with Crippen molar-refractivity contribution in [2.75, 3.05) is 7.05 Å². The van der Waals surface area contributed by atoms with Crippen LogP contribution in [0.4, 0.5) is 0 Å². The molecule has 3 nitrogen and oxygen atoms in total.